The maximum Gasteiger partial charge on any atom is 0.305 e. The van der Waals surface area contributed by atoms with Gasteiger partial charge in [-0.2, -0.15) is 0 Å². The fourth-order valence-electron chi connectivity index (χ4n) is 7.31. The summed E-state index contributed by atoms with van der Waals surface area (Å²) in [5, 5.41) is 23.1. The number of unbranched alkanes of at least 4 members (excludes halogenated alkanes) is 28. The Morgan fingerprint density at radius 2 is 0.877 bits per heavy atom. The molecule has 0 aromatic rings. The van der Waals surface area contributed by atoms with E-state index < -0.39 is 12.1 Å². The number of ether oxygens (including phenoxy) is 1. The van der Waals surface area contributed by atoms with E-state index in [0.717, 1.165) is 89.9 Å². The highest BCUT2D eigenvalue weighted by Crippen LogP contribution is 2.15. The summed E-state index contributed by atoms with van der Waals surface area (Å²) in [5.41, 5.74) is 0. The molecule has 0 saturated carbocycles. The summed E-state index contributed by atoms with van der Waals surface area (Å²) < 4.78 is 5.44. The van der Waals surface area contributed by atoms with E-state index in [1.807, 2.05) is 0 Å². The first-order valence-electron chi connectivity index (χ1n) is 24.7. The van der Waals surface area contributed by atoms with Gasteiger partial charge in [0, 0.05) is 12.8 Å². The van der Waals surface area contributed by atoms with Crippen LogP contribution in [0.25, 0.3) is 0 Å². The van der Waals surface area contributed by atoms with Crippen LogP contribution in [0.5, 0.6) is 0 Å². The lowest BCUT2D eigenvalue weighted by molar-refractivity contribution is -0.143. The molecule has 0 aliphatic heterocycles. The summed E-state index contributed by atoms with van der Waals surface area (Å²) in [6, 6.07) is -0.562. The van der Waals surface area contributed by atoms with Crippen molar-refractivity contribution < 1.29 is 24.5 Å². The molecule has 1 amide bonds. The van der Waals surface area contributed by atoms with Crippen molar-refractivity contribution in [1.82, 2.24) is 5.32 Å². The zero-order chi connectivity index (χ0) is 41.5. The average molecular weight is 802 g/mol. The summed E-state index contributed by atoms with van der Waals surface area (Å²) in [4.78, 5) is 24.4. The Morgan fingerprint density at radius 1 is 0.491 bits per heavy atom. The number of amides is 1. The number of carbonyl (C=O) groups is 2. The number of allylic oxidation sites excluding steroid dienone is 6. The molecule has 0 aromatic carbocycles. The highest BCUT2D eigenvalue weighted by Gasteiger charge is 2.20. The summed E-state index contributed by atoms with van der Waals surface area (Å²) in [6.45, 7) is 4.83. The zero-order valence-electron chi connectivity index (χ0n) is 37.8. The van der Waals surface area contributed by atoms with Crippen molar-refractivity contribution in [1.29, 1.82) is 0 Å². The van der Waals surface area contributed by atoms with Crippen LogP contribution < -0.4 is 5.32 Å². The van der Waals surface area contributed by atoms with E-state index in [1.54, 1.807) is 0 Å². The van der Waals surface area contributed by atoms with Gasteiger partial charge in [-0.25, -0.2) is 0 Å². The van der Waals surface area contributed by atoms with Crippen LogP contribution in [0.1, 0.15) is 251 Å². The summed E-state index contributed by atoms with van der Waals surface area (Å²) in [5.74, 6) is -0.106. The first-order chi connectivity index (χ1) is 28.0. The molecule has 0 heterocycles. The van der Waals surface area contributed by atoms with Crippen LogP contribution in [0, 0.1) is 0 Å². The van der Waals surface area contributed by atoms with Gasteiger partial charge >= 0.3 is 5.97 Å². The third-order valence-electron chi connectivity index (χ3n) is 11.2. The predicted octanol–water partition coefficient (Wildman–Crippen LogP) is 14.5. The van der Waals surface area contributed by atoms with Crippen molar-refractivity contribution in [3.8, 4) is 0 Å². The van der Waals surface area contributed by atoms with Gasteiger partial charge < -0.3 is 20.3 Å². The smallest absolute Gasteiger partial charge is 0.305 e. The van der Waals surface area contributed by atoms with Gasteiger partial charge in [-0.3, -0.25) is 9.59 Å². The molecule has 0 aliphatic rings. The van der Waals surface area contributed by atoms with Gasteiger partial charge in [0.2, 0.25) is 5.91 Å². The molecule has 0 aromatic heterocycles. The van der Waals surface area contributed by atoms with Crippen LogP contribution >= 0.6 is 0 Å². The maximum absolute atomic E-state index is 12.4. The topological polar surface area (TPSA) is 95.9 Å². The van der Waals surface area contributed by atoms with Crippen molar-refractivity contribution in [2.24, 2.45) is 0 Å². The van der Waals surface area contributed by atoms with Crippen LogP contribution in [0.3, 0.4) is 0 Å². The highest BCUT2D eigenvalue weighted by atomic mass is 16.5. The van der Waals surface area contributed by atoms with E-state index in [0.29, 0.717) is 25.9 Å². The van der Waals surface area contributed by atoms with Crippen LogP contribution in [0.4, 0.5) is 0 Å². The molecule has 0 bridgehead atoms. The number of hydrogen-bond donors (Lipinski definition) is 3. The second kappa shape index (κ2) is 46.8. The number of nitrogens with one attached hydrogen (secondary N) is 1. The Kier molecular flexibility index (Phi) is 45.2. The number of hydrogen-bond acceptors (Lipinski definition) is 5. The molecular formula is C51H95NO5. The van der Waals surface area contributed by atoms with Gasteiger partial charge in [0.1, 0.15) is 0 Å². The minimum Gasteiger partial charge on any atom is -0.466 e. The van der Waals surface area contributed by atoms with E-state index in [1.165, 1.54) is 128 Å². The Bertz CT molecular complexity index is 931. The molecule has 0 fully saturated rings. The van der Waals surface area contributed by atoms with Gasteiger partial charge in [0.15, 0.2) is 0 Å². The van der Waals surface area contributed by atoms with Gasteiger partial charge in [-0.15, -0.1) is 0 Å². The van der Waals surface area contributed by atoms with Crippen LogP contribution in [-0.4, -0.2) is 47.4 Å². The first kappa shape index (κ1) is 55.1. The zero-order valence-corrected chi connectivity index (χ0v) is 37.8. The van der Waals surface area contributed by atoms with Crippen LogP contribution in [0.15, 0.2) is 36.5 Å². The van der Waals surface area contributed by atoms with Gasteiger partial charge in [-0.05, 0) is 83.5 Å². The minimum atomic E-state index is -0.682. The Balaban J connectivity index is 3.51. The van der Waals surface area contributed by atoms with Crippen molar-refractivity contribution >= 4 is 11.9 Å². The lowest BCUT2D eigenvalue weighted by Gasteiger charge is -2.22. The largest absolute Gasteiger partial charge is 0.466 e. The molecule has 2 atom stereocenters. The quantitative estimate of drug-likeness (QED) is 0.0324. The Morgan fingerprint density at radius 3 is 1.37 bits per heavy atom. The monoisotopic (exact) mass is 802 g/mol. The Labute approximate surface area is 353 Å². The molecule has 0 spiro atoms. The van der Waals surface area contributed by atoms with Crippen LogP contribution in [-0.2, 0) is 14.3 Å². The van der Waals surface area contributed by atoms with E-state index in [-0.39, 0.29) is 18.5 Å². The summed E-state index contributed by atoms with van der Waals surface area (Å²) in [7, 11) is 0. The highest BCUT2D eigenvalue weighted by molar-refractivity contribution is 5.76. The number of aliphatic hydroxyl groups excluding tert-OH is 2. The van der Waals surface area contributed by atoms with Gasteiger partial charge in [-0.1, -0.05) is 192 Å². The molecule has 57 heavy (non-hydrogen) atoms. The van der Waals surface area contributed by atoms with Crippen LogP contribution in [0.2, 0.25) is 0 Å². The van der Waals surface area contributed by atoms with Gasteiger partial charge in [0.25, 0.3) is 0 Å². The molecule has 6 heteroatoms. The molecule has 334 valence electrons. The molecule has 0 rings (SSSR count). The van der Waals surface area contributed by atoms with E-state index in [9.17, 15) is 19.8 Å². The fourth-order valence-corrected chi connectivity index (χ4v) is 7.31. The summed E-state index contributed by atoms with van der Waals surface area (Å²) in [6.07, 6.45) is 55.4. The van der Waals surface area contributed by atoms with Gasteiger partial charge in [0.05, 0.1) is 25.4 Å². The predicted molar refractivity (Wildman–Crippen MR) is 246 cm³/mol. The van der Waals surface area contributed by atoms with E-state index in [4.69, 9.17) is 4.74 Å². The van der Waals surface area contributed by atoms with E-state index >= 15 is 0 Å². The second-order valence-electron chi connectivity index (χ2n) is 16.8. The molecular weight excluding hydrogens is 707 g/mol. The summed E-state index contributed by atoms with van der Waals surface area (Å²) >= 11 is 0. The number of carbonyl (C=O) groups excluding carboxylic acids is 2. The molecule has 2 unspecified atom stereocenters. The molecule has 0 aliphatic carbocycles. The maximum atomic E-state index is 12.4. The molecule has 0 saturated heterocycles. The number of esters is 1. The minimum absolute atomic E-state index is 0.0394. The number of rotatable bonds is 45. The molecule has 0 radical (unpaired) electrons. The first-order valence-corrected chi connectivity index (χ1v) is 24.7. The second-order valence-corrected chi connectivity index (χ2v) is 16.8. The third kappa shape index (κ3) is 43.5. The third-order valence-corrected chi connectivity index (χ3v) is 11.2. The fraction of sp³-hybridized carbons (Fsp3) is 0.843. The van der Waals surface area contributed by atoms with Crippen molar-refractivity contribution in [3.05, 3.63) is 36.5 Å². The standard InChI is InChI=1S/C51H95NO5/c1-3-5-7-9-11-13-15-16-17-18-19-20-21-25-29-33-37-41-45-51(56)57-46-42-38-34-30-26-22-24-28-32-36-40-44-50(55)52-48(47-53)49(54)43-39-35-31-27-23-14-12-10-8-6-4-2/h13,15,17-18,26,30,48-49,53-54H,3-12,14,16,19-25,27-29,31-47H2,1-2H3,(H,52,55)/b15-13-,18-17-,30-26-. The number of aliphatic hydroxyl groups is 2. The van der Waals surface area contributed by atoms with Crippen molar-refractivity contribution in [3.63, 3.8) is 0 Å². The Hall–Kier alpha value is -1.92. The normalized spacial score (nSPS) is 13.0. The SMILES string of the molecule is CCCCCC/C=C\C/C=C\CCCCCCCCCC(=O)OCCCC/C=C\CCCCCCCC(=O)NC(CO)C(O)CCCCCCCCCCCCC. The van der Waals surface area contributed by atoms with Crippen molar-refractivity contribution in [2.45, 2.75) is 264 Å². The lowest BCUT2D eigenvalue weighted by atomic mass is 10.0. The van der Waals surface area contributed by atoms with E-state index in [2.05, 4.69) is 55.6 Å². The van der Waals surface area contributed by atoms with Crippen molar-refractivity contribution in [2.75, 3.05) is 13.2 Å². The average Bonchev–Trinajstić information content (AvgIpc) is 3.21. The molecule has 6 nitrogen and oxygen atoms in total. The lowest BCUT2D eigenvalue weighted by Crippen LogP contribution is -2.45. The molecule has 3 N–H and O–H groups in total.